The summed E-state index contributed by atoms with van der Waals surface area (Å²) in [6, 6.07) is 13.6. The van der Waals surface area contributed by atoms with Gasteiger partial charge in [-0.15, -0.1) is 0 Å². The maximum Gasteiger partial charge on any atom is 0.252 e. The van der Waals surface area contributed by atoms with Gasteiger partial charge in [0.2, 0.25) is 0 Å². The second-order valence-corrected chi connectivity index (χ2v) is 6.01. The standard InChI is InChI=1S/C16H16BrClN2O/c1-10(11-3-5-12(17)6-4-11)20-13-7-8-15(18)14(9-13)16(21)19-2/h3-10,20H,1-2H3,(H,19,21). The second-order valence-electron chi connectivity index (χ2n) is 4.69. The third kappa shape index (κ3) is 3.99. The SMILES string of the molecule is CNC(=O)c1cc(NC(C)c2ccc(Br)cc2)ccc1Cl. The topological polar surface area (TPSA) is 41.1 Å². The van der Waals surface area contributed by atoms with Gasteiger partial charge in [-0.05, 0) is 42.8 Å². The summed E-state index contributed by atoms with van der Waals surface area (Å²) in [7, 11) is 1.59. The largest absolute Gasteiger partial charge is 0.379 e. The minimum Gasteiger partial charge on any atom is -0.379 e. The molecule has 0 aromatic heterocycles. The Hall–Kier alpha value is -1.52. The lowest BCUT2D eigenvalue weighted by molar-refractivity contribution is 0.0963. The number of amides is 1. The van der Waals surface area contributed by atoms with E-state index in [2.05, 4.69) is 45.6 Å². The number of carbonyl (C=O) groups excluding carboxylic acids is 1. The zero-order chi connectivity index (χ0) is 15.4. The van der Waals surface area contributed by atoms with Gasteiger partial charge < -0.3 is 10.6 Å². The highest BCUT2D eigenvalue weighted by atomic mass is 79.9. The quantitative estimate of drug-likeness (QED) is 0.827. The predicted molar refractivity (Wildman–Crippen MR) is 91.0 cm³/mol. The van der Waals surface area contributed by atoms with Crippen LogP contribution in [0.25, 0.3) is 0 Å². The first-order valence-corrected chi connectivity index (χ1v) is 7.72. The van der Waals surface area contributed by atoms with Crippen LogP contribution in [0.3, 0.4) is 0 Å². The van der Waals surface area contributed by atoms with E-state index >= 15 is 0 Å². The number of benzene rings is 2. The third-order valence-electron chi connectivity index (χ3n) is 3.19. The van der Waals surface area contributed by atoms with Gasteiger partial charge in [-0.3, -0.25) is 4.79 Å². The van der Waals surface area contributed by atoms with Gasteiger partial charge in [-0.25, -0.2) is 0 Å². The smallest absolute Gasteiger partial charge is 0.252 e. The minimum absolute atomic E-state index is 0.122. The molecule has 1 atom stereocenters. The maximum absolute atomic E-state index is 11.8. The molecule has 0 heterocycles. The van der Waals surface area contributed by atoms with Crippen molar-refractivity contribution in [1.82, 2.24) is 5.32 Å². The number of hydrogen-bond acceptors (Lipinski definition) is 2. The molecule has 0 fully saturated rings. The number of rotatable bonds is 4. The highest BCUT2D eigenvalue weighted by Crippen LogP contribution is 2.25. The molecule has 0 aliphatic carbocycles. The summed E-state index contributed by atoms with van der Waals surface area (Å²) in [5, 5.41) is 6.40. The van der Waals surface area contributed by atoms with Gasteiger partial charge in [0.1, 0.15) is 0 Å². The van der Waals surface area contributed by atoms with Crippen molar-refractivity contribution in [2.45, 2.75) is 13.0 Å². The fourth-order valence-corrected chi connectivity index (χ4v) is 2.48. The van der Waals surface area contributed by atoms with Crippen LogP contribution in [0.1, 0.15) is 28.9 Å². The van der Waals surface area contributed by atoms with Crippen molar-refractivity contribution in [3.05, 3.63) is 63.1 Å². The Morgan fingerprint density at radius 1 is 1.19 bits per heavy atom. The molecule has 3 nitrogen and oxygen atoms in total. The molecule has 0 saturated heterocycles. The maximum atomic E-state index is 11.8. The fourth-order valence-electron chi connectivity index (χ4n) is 2.01. The Morgan fingerprint density at radius 2 is 1.86 bits per heavy atom. The van der Waals surface area contributed by atoms with Crippen molar-refractivity contribution < 1.29 is 4.79 Å². The minimum atomic E-state index is -0.194. The van der Waals surface area contributed by atoms with Crippen LogP contribution in [0, 0.1) is 0 Å². The monoisotopic (exact) mass is 366 g/mol. The van der Waals surface area contributed by atoms with Crippen molar-refractivity contribution in [1.29, 1.82) is 0 Å². The van der Waals surface area contributed by atoms with Gasteiger partial charge in [-0.1, -0.05) is 39.7 Å². The van der Waals surface area contributed by atoms with E-state index in [1.165, 1.54) is 0 Å². The number of anilines is 1. The average Bonchev–Trinajstić information content (AvgIpc) is 2.49. The zero-order valence-corrected chi connectivity index (χ0v) is 14.1. The first kappa shape index (κ1) is 15.9. The van der Waals surface area contributed by atoms with Crippen LogP contribution in [0.4, 0.5) is 5.69 Å². The molecule has 2 aromatic carbocycles. The van der Waals surface area contributed by atoms with Crippen LogP contribution < -0.4 is 10.6 Å². The first-order chi connectivity index (χ1) is 10.0. The molecule has 2 rings (SSSR count). The normalized spacial score (nSPS) is 11.8. The van der Waals surface area contributed by atoms with Crippen molar-refractivity contribution >= 4 is 39.1 Å². The number of nitrogens with one attached hydrogen (secondary N) is 2. The molecule has 0 bridgehead atoms. The molecule has 2 N–H and O–H groups in total. The van der Waals surface area contributed by atoms with Gasteiger partial charge in [-0.2, -0.15) is 0 Å². The molecule has 0 spiro atoms. The zero-order valence-electron chi connectivity index (χ0n) is 11.8. The van der Waals surface area contributed by atoms with Crippen LogP contribution in [-0.2, 0) is 0 Å². The van der Waals surface area contributed by atoms with E-state index in [9.17, 15) is 4.79 Å². The van der Waals surface area contributed by atoms with Crippen LogP contribution >= 0.6 is 27.5 Å². The third-order valence-corrected chi connectivity index (χ3v) is 4.05. The van der Waals surface area contributed by atoms with Crippen LogP contribution in [-0.4, -0.2) is 13.0 Å². The Morgan fingerprint density at radius 3 is 2.48 bits per heavy atom. The van der Waals surface area contributed by atoms with Crippen LogP contribution in [0.2, 0.25) is 5.02 Å². The van der Waals surface area contributed by atoms with E-state index in [1.54, 1.807) is 19.2 Å². The van der Waals surface area contributed by atoms with Crippen molar-refractivity contribution in [3.63, 3.8) is 0 Å². The molecule has 0 aliphatic rings. The summed E-state index contributed by atoms with van der Waals surface area (Å²) in [6.45, 7) is 2.07. The number of hydrogen-bond donors (Lipinski definition) is 2. The number of halogens is 2. The van der Waals surface area contributed by atoms with E-state index in [0.29, 0.717) is 10.6 Å². The van der Waals surface area contributed by atoms with Gasteiger partial charge >= 0.3 is 0 Å². The molecule has 0 radical (unpaired) electrons. The summed E-state index contributed by atoms with van der Waals surface area (Å²) in [4.78, 5) is 11.8. The second kappa shape index (κ2) is 6.96. The van der Waals surface area contributed by atoms with Crippen LogP contribution in [0.5, 0.6) is 0 Å². The Kier molecular flexibility index (Phi) is 5.26. The summed E-state index contributed by atoms with van der Waals surface area (Å²) in [5.41, 5.74) is 2.48. The summed E-state index contributed by atoms with van der Waals surface area (Å²) in [5.74, 6) is -0.194. The van der Waals surface area contributed by atoms with E-state index in [0.717, 1.165) is 15.7 Å². The average molecular weight is 368 g/mol. The van der Waals surface area contributed by atoms with E-state index < -0.39 is 0 Å². The molecule has 0 aliphatic heterocycles. The van der Waals surface area contributed by atoms with E-state index in [1.807, 2.05) is 18.2 Å². The van der Waals surface area contributed by atoms with Crippen molar-refractivity contribution in [3.8, 4) is 0 Å². The van der Waals surface area contributed by atoms with Gasteiger partial charge in [0.05, 0.1) is 10.6 Å². The predicted octanol–water partition coefficient (Wildman–Crippen LogP) is 4.64. The highest BCUT2D eigenvalue weighted by molar-refractivity contribution is 9.10. The first-order valence-electron chi connectivity index (χ1n) is 6.55. The van der Waals surface area contributed by atoms with E-state index in [-0.39, 0.29) is 11.9 Å². The summed E-state index contributed by atoms with van der Waals surface area (Å²) >= 11 is 9.47. The Labute approximate surface area is 137 Å². The molecule has 1 unspecified atom stereocenters. The summed E-state index contributed by atoms with van der Waals surface area (Å²) in [6.07, 6.45) is 0. The lowest BCUT2D eigenvalue weighted by atomic mass is 10.1. The van der Waals surface area contributed by atoms with Gasteiger partial charge in [0.25, 0.3) is 5.91 Å². The fraction of sp³-hybridized carbons (Fsp3) is 0.188. The van der Waals surface area contributed by atoms with Crippen molar-refractivity contribution in [2.75, 3.05) is 12.4 Å². The molecular weight excluding hydrogens is 352 g/mol. The van der Waals surface area contributed by atoms with E-state index in [4.69, 9.17) is 11.6 Å². The van der Waals surface area contributed by atoms with Gasteiger partial charge in [0, 0.05) is 23.2 Å². The molecule has 0 saturated carbocycles. The molecular formula is C16H16BrClN2O. The molecule has 110 valence electrons. The molecule has 5 heteroatoms. The molecule has 2 aromatic rings. The Bertz CT molecular complexity index is 643. The van der Waals surface area contributed by atoms with Crippen molar-refractivity contribution in [2.24, 2.45) is 0 Å². The molecule has 1 amide bonds. The lowest BCUT2D eigenvalue weighted by Crippen LogP contribution is -2.18. The van der Waals surface area contributed by atoms with Crippen LogP contribution in [0.15, 0.2) is 46.9 Å². The van der Waals surface area contributed by atoms with Gasteiger partial charge in [0.15, 0.2) is 0 Å². The highest BCUT2D eigenvalue weighted by Gasteiger charge is 2.11. The Balaban J connectivity index is 2.19. The lowest BCUT2D eigenvalue weighted by Gasteiger charge is -2.17. The summed E-state index contributed by atoms with van der Waals surface area (Å²) < 4.78 is 1.05. The number of carbonyl (C=O) groups is 1. The molecule has 21 heavy (non-hydrogen) atoms.